The van der Waals surface area contributed by atoms with Crippen molar-refractivity contribution in [3.63, 3.8) is 0 Å². The molecule has 4 rings (SSSR count). The Kier molecular flexibility index (Phi) is 3.82. The number of hydrogen-bond donors (Lipinski definition) is 1. The zero-order chi connectivity index (χ0) is 16.0. The first-order chi connectivity index (χ1) is 11.0. The highest BCUT2D eigenvalue weighted by Gasteiger charge is 2.41. The van der Waals surface area contributed by atoms with Crippen LogP contribution in [-0.4, -0.2) is 54.9 Å². The number of anilines is 1. The molecular formula is C16H23N3O3S. The van der Waals surface area contributed by atoms with Gasteiger partial charge in [-0.15, -0.1) is 0 Å². The van der Waals surface area contributed by atoms with Crippen molar-refractivity contribution in [1.29, 1.82) is 0 Å². The highest BCUT2D eigenvalue weighted by Crippen LogP contribution is 2.31. The molecule has 126 valence electrons. The number of sulfonamides is 1. The summed E-state index contributed by atoms with van der Waals surface area (Å²) >= 11 is 0. The molecule has 1 saturated carbocycles. The molecule has 23 heavy (non-hydrogen) atoms. The zero-order valence-electron chi connectivity index (χ0n) is 13.3. The van der Waals surface area contributed by atoms with Gasteiger partial charge in [-0.1, -0.05) is 0 Å². The second-order valence-electron chi connectivity index (χ2n) is 6.98. The molecule has 7 heteroatoms. The van der Waals surface area contributed by atoms with E-state index in [0.29, 0.717) is 23.9 Å². The van der Waals surface area contributed by atoms with Crippen LogP contribution in [0.15, 0.2) is 18.3 Å². The van der Waals surface area contributed by atoms with Crippen molar-refractivity contribution in [3.8, 4) is 0 Å². The van der Waals surface area contributed by atoms with Gasteiger partial charge in [-0.2, -0.15) is 0 Å². The van der Waals surface area contributed by atoms with Gasteiger partial charge in [0, 0.05) is 36.9 Å². The quantitative estimate of drug-likeness (QED) is 0.849. The number of hydrogen-bond acceptors (Lipinski definition) is 5. The lowest BCUT2D eigenvalue weighted by Gasteiger charge is -2.32. The van der Waals surface area contributed by atoms with Crippen molar-refractivity contribution in [1.82, 2.24) is 9.88 Å². The minimum Gasteiger partial charge on any atom is -0.375 e. The molecule has 0 aromatic carbocycles. The maximum Gasteiger partial charge on any atom is 0.235 e. The van der Waals surface area contributed by atoms with E-state index in [4.69, 9.17) is 4.74 Å². The molecule has 0 amide bonds. The first kappa shape index (κ1) is 15.4. The first-order valence-corrected chi connectivity index (χ1v) is 9.90. The summed E-state index contributed by atoms with van der Waals surface area (Å²) in [7, 11) is -3.21. The summed E-state index contributed by atoms with van der Waals surface area (Å²) in [5, 5.41) is -0.210. The SMILES string of the molecule is C[C@H](Cc1cc(NS(=O)(=O)C2CC2)ccn1)N1CC2CC1CO2. The molecule has 2 unspecified atom stereocenters. The molecule has 1 aliphatic carbocycles. The molecule has 3 atom stereocenters. The lowest BCUT2D eigenvalue weighted by atomic mass is 10.1. The number of aromatic nitrogens is 1. The third-order valence-electron chi connectivity index (χ3n) is 5.05. The average molecular weight is 337 g/mol. The Morgan fingerprint density at radius 1 is 1.48 bits per heavy atom. The van der Waals surface area contributed by atoms with Crippen molar-refractivity contribution >= 4 is 15.7 Å². The molecular weight excluding hydrogens is 314 g/mol. The van der Waals surface area contributed by atoms with Gasteiger partial charge >= 0.3 is 0 Å². The van der Waals surface area contributed by atoms with Crippen LogP contribution in [0.3, 0.4) is 0 Å². The largest absolute Gasteiger partial charge is 0.375 e. The van der Waals surface area contributed by atoms with Crippen LogP contribution in [0.5, 0.6) is 0 Å². The first-order valence-electron chi connectivity index (χ1n) is 8.35. The number of morpholine rings is 1. The predicted molar refractivity (Wildman–Crippen MR) is 87.8 cm³/mol. The standard InChI is InChI=1S/C16H23N3O3S/c1-11(19-9-15-8-14(19)10-22-15)6-13-7-12(4-5-17-13)18-23(20,21)16-2-3-16/h4-5,7,11,14-16H,2-3,6,8-10H2,1H3,(H,17,18)/t11-,14?,15?/m1/s1. The fourth-order valence-corrected chi connectivity index (χ4v) is 5.05. The van der Waals surface area contributed by atoms with Crippen LogP contribution in [0.25, 0.3) is 0 Å². The summed E-state index contributed by atoms with van der Waals surface area (Å²) in [6, 6.07) is 4.50. The second kappa shape index (κ2) is 5.72. The Morgan fingerprint density at radius 2 is 2.30 bits per heavy atom. The van der Waals surface area contributed by atoms with Gasteiger partial charge in [-0.3, -0.25) is 14.6 Å². The highest BCUT2D eigenvalue weighted by molar-refractivity contribution is 7.93. The van der Waals surface area contributed by atoms with E-state index in [1.807, 2.05) is 6.07 Å². The molecule has 2 bridgehead atoms. The van der Waals surface area contributed by atoms with Gasteiger partial charge < -0.3 is 4.74 Å². The lowest BCUT2D eigenvalue weighted by molar-refractivity contribution is 0.0146. The van der Waals surface area contributed by atoms with Crippen LogP contribution in [0.4, 0.5) is 5.69 Å². The average Bonchev–Trinajstić information content (AvgIpc) is 3.17. The topological polar surface area (TPSA) is 71.5 Å². The summed E-state index contributed by atoms with van der Waals surface area (Å²) in [6.07, 6.45) is 5.58. The van der Waals surface area contributed by atoms with Crippen LogP contribution < -0.4 is 4.72 Å². The van der Waals surface area contributed by atoms with Crippen LogP contribution in [-0.2, 0) is 21.2 Å². The molecule has 1 N–H and O–H groups in total. The number of pyridine rings is 1. The van der Waals surface area contributed by atoms with E-state index in [2.05, 4.69) is 21.5 Å². The van der Waals surface area contributed by atoms with Gasteiger partial charge in [-0.25, -0.2) is 8.42 Å². The molecule has 3 aliphatic rings. The third kappa shape index (κ3) is 3.22. The maximum atomic E-state index is 12.0. The summed E-state index contributed by atoms with van der Waals surface area (Å²) in [4.78, 5) is 6.91. The van der Waals surface area contributed by atoms with Gasteiger partial charge in [0.15, 0.2) is 0 Å². The Hall–Kier alpha value is -1.18. The Labute approximate surface area is 137 Å². The molecule has 1 aromatic rings. The number of nitrogens with zero attached hydrogens (tertiary/aromatic N) is 2. The highest BCUT2D eigenvalue weighted by atomic mass is 32.2. The zero-order valence-corrected chi connectivity index (χ0v) is 14.1. The van der Waals surface area contributed by atoms with Gasteiger partial charge in [0.2, 0.25) is 10.0 Å². The van der Waals surface area contributed by atoms with E-state index < -0.39 is 10.0 Å². The minimum atomic E-state index is -3.21. The van der Waals surface area contributed by atoms with Gasteiger partial charge in [0.1, 0.15) is 0 Å². The predicted octanol–water partition coefficient (Wildman–Crippen LogP) is 1.39. The number of likely N-dealkylation sites (tertiary alicyclic amines) is 1. The van der Waals surface area contributed by atoms with Crippen molar-refractivity contribution in [2.24, 2.45) is 0 Å². The fraction of sp³-hybridized carbons (Fsp3) is 0.688. The van der Waals surface area contributed by atoms with Crippen molar-refractivity contribution in [2.45, 2.75) is 56.0 Å². The number of fused-ring (bicyclic) bond motifs is 2. The Morgan fingerprint density at radius 3 is 2.96 bits per heavy atom. The van der Waals surface area contributed by atoms with Crippen molar-refractivity contribution in [3.05, 3.63) is 24.0 Å². The number of rotatable bonds is 6. The van der Waals surface area contributed by atoms with E-state index in [1.165, 1.54) is 0 Å². The Bertz CT molecular complexity index is 690. The van der Waals surface area contributed by atoms with Crippen LogP contribution in [0, 0.1) is 0 Å². The van der Waals surface area contributed by atoms with Gasteiger partial charge in [0.05, 0.1) is 23.6 Å². The van der Waals surface area contributed by atoms with Gasteiger partial charge in [-0.05, 0) is 38.3 Å². The van der Waals surface area contributed by atoms with Gasteiger partial charge in [0.25, 0.3) is 0 Å². The second-order valence-corrected chi connectivity index (χ2v) is 8.94. The van der Waals surface area contributed by atoms with Crippen molar-refractivity contribution in [2.75, 3.05) is 17.9 Å². The molecule has 2 aliphatic heterocycles. The molecule has 0 spiro atoms. The molecule has 3 fully saturated rings. The smallest absolute Gasteiger partial charge is 0.235 e. The summed E-state index contributed by atoms with van der Waals surface area (Å²) in [5.41, 5.74) is 1.55. The Balaban J connectivity index is 1.42. The normalized spacial score (nSPS) is 28.9. The van der Waals surface area contributed by atoms with E-state index in [0.717, 1.165) is 44.5 Å². The maximum absolute atomic E-state index is 12.0. The van der Waals surface area contributed by atoms with E-state index in [9.17, 15) is 8.42 Å². The molecule has 3 heterocycles. The number of nitrogens with one attached hydrogen (secondary N) is 1. The lowest BCUT2D eigenvalue weighted by Crippen LogP contribution is -2.43. The van der Waals surface area contributed by atoms with Crippen molar-refractivity contribution < 1.29 is 13.2 Å². The molecule has 1 aromatic heterocycles. The van der Waals surface area contributed by atoms with E-state index in [-0.39, 0.29) is 5.25 Å². The van der Waals surface area contributed by atoms with Crippen LogP contribution in [0.2, 0.25) is 0 Å². The van der Waals surface area contributed by atoms with Crippen LogP contribution in [0.1, 0.15) is 31.9 Å². The fourth-order valence-electron chi connectivity index (χ4n) is 3.67. The number of ether oxygens (including phenoxy) is 1. The minimum absolute atomic E-state index is 0.210. The monoisotopic (exact) mass is 337 g/mol. The summed E-state index contributed by atoms with van der Waals surface area (Å²) in [5.74, 6) is 0. The van der Waals surface area contributed by atoms with E-state index >= 15 is 0 Å². The molecule has 0 radical (unpaired) electrons. The summed E-state index contributed by atoms with van der Waals surface area (Å²) in [6.45, 7) is 4.05. The van der Waals surface area contributed by atoms with Crippen LogP contribution >= 0.6 is 0 Å². The molecule has 2 saturated heterocycles. The van der Waals surface area contributed by atoms with E-state index in [1.54, 1.807) is 12.3 Å². The molecule has 6 nitrogen and oxygen atoms in total. The summed E-state index contributed by atoms with van der Waals surface area (Å²) < 4.78 is 32.4. The third-order valence-corrected chi connectivity index (χ3v) is 6.92.